The van der Waals surface area contributed by atoms with Gasteiger partial charge in [0, 0.05) is 11.0 Å². The van der Waals surface area contributed by atoms with Gasteiger partial charge in [-0.05, 0) is 6.07 Å². The molecule has 41 valence electrons. The second-order valence-electron chi connectivity index (χ2n) is 1.40. The molecule has 0 unspecified atom stereocenters. The van der Waals surface area contributed by atoms with E-state index in [4.69, 9.17) is 5.11 Å². The first-order valence-electron chi connectivity index (χ1n) is 2.19. The molecule has 0 fully saturated rings. The highest BCUT2D eigenvalue weighted by Crippen LogP contribution is 2.17. The summed E-state index contributed by atoms with van der Waals surface area (Å²) in [6.07, 6.45) is 0. The van der Waals surface area contributed by atoms with Gasteiger partial charge >= 0.3 is 0 Å². The Labute approximate surface area is 53.4 Å². The molecule has 0 bridgehead atoms. The summed E-state index contributed by atoms with van der Waals surface area (Å²) in [5, 5.41) is 8.79. The van der Waals surface area contributed by atoms with Crippen LogP contribution in [0.2, 0.25) is 0 Å². The van der Waals surface area contributed by atoms with Gasteiger partial charge in [0.15, 0.2) is 0 Å². The van der Waals surface area contributed by atoms with Gasteiger partial charge in [0.2, 0.25) is 0 Å². The van der Waals surface area contributed by atoms with Crippen molar-refractivity contribution >= 4 is 12.6 Å². The number of thiol groups is 1. The van der Waals surface area contributed by atoms with Crippen molar-refractivity contribution in [3.63, 3.8) is 0 Å². The van der Waals surface area contributed by atoms with Crippen molar-refractivity contribution in [1.82, 2.24) is 0 Å². The van der Waals surface area contributed by atoms with Crippen LogP contribution in [-0.2, 0) is 0 Å². The average Bonchev–Trinajstić information content (AvgIpc) is 1.77. The molecule has 1 rings (SSSR count). The van der Waals surface area contributed by atoms with E-state index in [2.05, 4.69) is 18.7 Å². The van der Waals surface area contributed by atoms with Crippen molar-refractivity contribution in [2.75, 3.05) is 0 Å². The summed E-state index contributed by atoms with van der Waals surface area (Å²) < 4.78 is 0. The lowest BCUT2D eigenvalue weighted by atomic mass is 10.3. The quantitative estimate of drug-likeness (QED) is 0.503. The molecule has 0 aromatic heterocycles. The van der Waals surface area contributed by atoms with E-state index in [1.54, 1.807) is 18.2 Å². The van der Waals surface area contributed by atoms with Gasteiger partial charge < -0.3 is 5.11 Å². The maximum absolute atomic E-state index is 8.79. The molecule has 1 nitrogen and oxygen atoms in total. The fraction of sp³-hybridized carbons (Fsp3) is 0. The Balaban J connectivity index is 3.13. The predicted octanol–water partition coefficient (Wildman–Crippen LogP) is 1.48. The molecule has 0 atom stereocenters. The van der Waals surface area contributed by atoms with Crippen LogP contribution < -0.4 is 0 Å². The summed E-state index contributed by atoms with van der Waals surface area (Å²) >= 11 is 3.92. The molecule has 0 aliphatic heterocycles. The first-order valence-corrected chi connectivity index (χ1v) is 2.64. The van der Waals surface area contributed by atoms with E-state index in [1.807, 2.05) is 0 Å². The van der Waals surface area contributed by atoms with Gasteiger partial charge in [0.1, 0.15) is 5.75 Å². The minimum Gasteiger partial charge on any atom is -0.506 e. The molecule has 0 aliphatic rings. The molecule has 0 saturated carbocycles. The van der Waals surface area contributed by atoms with Crippen LogP contribution in [0, 0.1) is 6.07 Å². The molecule has 2 heteroatoms. The van der Waals surface area contributed by atoms with Crippen LogP contribution in [0.4, 0.5) is 0 Å². The van der Waals surface area contributed by atoms with Gasteiger partial charge in [0.25, 0.3) is 0 Å². The lowest BCUT2D eigenvalue weighted by Gasteiger charge is -1.90. The summed E-state index contributed by atoms with van der Waals surface area (Å²) in [5.41, 5.74) is 0. The third-order valence-corrected chi connectivity index (χ3v) is 1.17. The van der Waals surface area contributed by atoms with Crippen molar-refractivity contribution in [2.24, 2.45) is 0 Å². The summed E-state index contributed by atoms with van der Waals surface area (Å²) in [6.45, 7) is 0. The first kappa shape index (κ1) is 5.51. The van der Waals surface area contributed by atoms with E-state index in [-0.39, 0.29) is 5.75 Å². The topological polar surface area (TPSA) is 20.2 Å². The number of hydrogen-bond donors (Lipinski definition) is 2. The monoisotopic (exact) mass is 125 g/mol. The van der Waals surface area contributed by atoms with Gasteiger partial charge in [-0.3, -0.25) is 0 Å². The number of para-hydroxylation sites is 1. The zero-order chi connectivity index (χ0) is 5.98. The standard InChI is InChI=1S/C6H5OS/c7-5-3-1-2-4-6(5)8/h1-2,4,7-8H. The Hall–Kier alpha value is -0.630. The zero-order valence-corrected chi connectivity index (χ0v) is 5.02. The molecular weight excluding hydrogens is 120 g/mol. The number of hydrogen-bond acceptors (Lipinski definition) is 2. The van der Waals surface area contributed by atoms with Crippen LogP contribution in [-0.4, -0.2) is 5.11 Å². The molecule has 1 radical (unpaired) electrons. The van der Waals surface area contributed by atoms with Crippen molar-refractivity contribution in [3.8, 4) is 5.75 Å². The summed E-state index contributed by atoms with van der Waals surface area (Å²) in [6, 6.07) is 7.68. The SMILES string of the molecule is Oc1[c]cccc1S. The van der Waals surface area contributed by atoms with Gasteiger partial charge in [-0.1, -0.05) is 12.1 Å². The summed E-state index contributed by atoms with van der Waals surface area (Å²) in [4.78, 5) is 0.563. The van der Waals surface area contributed by atoms with Crippen molar-refractivity contribution in [3.05, 3.63) is 24.3 Å². The fourth-order valence-electron chi connectivity index (χ4n) is 0.419. The maximum Gasteiger partial charge on any atom is 0.136 e. The third-order valence-electron chi connectivity index (χ3n) is 0.813. The largest absolute Gasteiger partial charge is 0.506 e. The van der Waals surface area contributed by atoms with Crippen LogP contribution in [0.25, 0.3) is 0 Å². The number of benzene rings is 1. The number of phenolic OH excluding ortho intramolecular Hbond substituents is 1. The highest BCUT2D eigenvalue weighted by molar-refractivity contribution is 7.80. The van der Waals surface area contributed by atoms with Crippen LogP contribution in [0.15, 0.2) is 23.1 Å². The molecular formula is C6H5OS. The Morgan fingerprint density at radius 2 is 2.38 bits per heavy atom. The molecule has 0 heterocycles. The molecule has 0 aliphatic carbocycles. The first-order chi connectivity index (χ1) is 3.80. The molecule has 1 N–H and O–H groups in total. The Kier molecular flexibility index (Phi) is 1.44. The van der Waals surface area contributed by atoms with Crippen LogP contribution in [0.1, 0.15) is 0 Å². The predicted molar refractivity (Wildman–Crippen MR) is 34.2 cm³/mol. The number of rotatable bonds is 0. The van der Waals surface area contributed by atoms with E-state index in [0.717, 1.165) is 0 Å². The molecule has 0 saturated heterocycles. The van der Waals surface area contributed by atoms with E-state index in [0.29, 0.717) is 4.90 Å². The molecule has 0 amide bonds. The van der Waals surface area contributed by atoms with Crippen molar-refractivity contribution in [1.29, 1.82) is 0 Å². The fourth-order valence-corrected chi connectivity index (χ4v) is 0.570. The second kappa shape index (κ2) is 2.09. The lowest BCUT2D eigenvalue weighted by molar-refractivity contribution is 0.461. The van der Waals surface area contributed by atoms with Crippen LogP contribution in [0.5, 0.6) is 5.75 Å². The van der Waals surface area contributed by atoms with Crippen LogP contribution in [0.3, 0.4) is 0 Å². The van der Waals surface area contributed by atoms with Gasteiger partial charge in [-0.2, -0.15) is 0 Å². The number of aromatic hydroxyl groups is 1. The van der Waals surface area contributed by atoms with Crippen molar-refractivity contribution < 1.29 is 5.11 Å². The Morgan fingerprint density at radius 1 is 1.62 bits per heavy atom. The lowest BCUT2D eigenvalue weighted by Crippen LogP contribution is -1.65. The minimum atomic E-state index is 0.107. The van der Waals surface area contributed by atoms with Gasteiger partial charge in [-0.15, -0.1) is 12.6 Å². The van der Waals surface area contributed by atoms with Gasteiger partial charge in [-0.25, -0.2) is 0 Å². The summed E-state index contributed by atoms with van der Waals surface area (Å²) in [5.74, 6) is 0.107. The van der Waals surface area contributed by atoms with E-state index < -0.39 is 0 Å². The molecule has 0 spiro atoms. The maximum atomic E-state index is 8.79. The van der Waals surface area contributed by atoms with E-state index in [9.17, 15) is 0 Å². The minimum absolute atomic E-state index is 0.107. The zero-order valence-electron chi connectivity index (χ0n) is 4.13. The molecule has 1 aromatic rings. The second-order valence-corrected chi connectivity index (χ2v) is 1.89. The van der Waals surface area contributed by atoms with Crippen LogP contribution >= 0.6 is 12.6 Å². The van der Waals surface area contributed by atoms with E-state index in [1.165, 1.54) is 0 Å². The molecule has 1 aromatic carbocycles. The number of phenols is 1. The normalized spacial score (nSPS) is 9.12. The third kappa shape index (κ3) is 0.954. The average molecular weight is 125 g/mol. The van der Waals surface area contributed by atoms with Crippen molar-refractivity contribution in [2.45, 2.75) is 4.90 Å². The smallest absolute Gasteiger partial charge is 0.136 e. The Morgan fingerprint density at radius 3 is 2.75 bits per heavy atom. The highest BCUT2D eigenvalue weighted by Gasteiger charge is 1.88. The Bertz CT molecular complexity index is 165. The van der Waals surface area contributed by atoms with Gasteiger partial charge in [0.05, 0.1) is 0 Å². The van der Waals surface area contributed by atoms with E-state index >= 15 is 0 Å². The summed E-state index contributed by atoms with van der Waals surface area (Å²) in [7, 11) is 0. The highest BCUT2D eigenvalue weighted by atomic mass is 32.1. The molecule has 8 heavy (non-hydrogen) atoms.